The number of para-hydroxylation sites is 1. The van der Waals surface area contributed by atoms with Crippen LogP contribution in [0.2, 0.25) is 0 Å². The maximum atomic E-state index is 13.4. The number of sulfonamides is 1. The van der Waals surface area contributed by atoms with Crippen molar-refractivity contribution in [2.24, 2.45) is 0 Å². The monoisotopic (exact) mass is 470 g/mol. The highest BCUT2D eigenvalue weighted by Gasteiger charge is 2.30. The van der Waals surface area contributed by atoms with Crippen molar-refractivity contribution in [2.75, 3.05) is 38.2 Å². The maximum absolute atomic E-state index is 13.4. The van der Waals surface area contributed by atoms with Gasteiger partial charge in [0, 0.05) is 24.7 Å². The average molecular weight is 471 g/mol. The minimum absolute atomic E-state index is 0.0274. The largest absolute Gasteiger partial charge is 0.495 e. The third-order valence-electron chi connectivity index (χ3n) is 3.87. The molecular weight excluding hydrogens is 448 g/mol. The summed E-state index contributed by atoms with van der Waals surface area (Å²) in [6.45, 7) is 0.556. The Kier molecular flexibility index (Phi) is 8.28. The van der Waals surface area contributed by atoms with Gasteiger partial charge in [-0.05, 0) is 36.8 Å². The van der Waals surface area contributed by atoms with Gasteiger partial charge >= 0.3 is 0 Å². The number of anilines is 1. The molecular formula is C19H23BrN2O5S. The Labute approximate surface area is 173 Å². The molecule has 0 saturated carbocycles. The van der Waals surface area contributed by atoms with Crippen molar-refractivity contribution in [1.29, 1.82) is 0 Å². The molecule has 2 aromatic carbocycles. The quantitative estimate of drug-likeness (QED) is 0.539. The van der Waals surface area contributed by atoms with Gasteiger partial charge in [0.1, 0.15) is 17.2 Å². The van der Waals surface area contributed by atoms with Crippen molar-refractivity contribution in [3.05, 3.63) is 53.0 Å². The molecule has 0 aromatic heterocycles. The van der Waals surface area contributed by atoms with Crippen molar-refractivity contribution in [3.63, 3.8) is 0 Å². The molecule has 0 unspecified atom stereocenters. The van der Waals surface area contributed by atoms with E-state index in [1.54, 1.807) is 49.6 Å². The van der Waals surface area contributed by atoms with Crippen LogP contribution in [0.3, 0.4) is 0 Å². The molecule has 0 heterocycles. The molecule has 0 aliphatic heterocycles. The predicted molar refractivity (Wildman–Crippen MR) is 111 cm³/mol. The highest BCUT2D eigenvalue weighted by atomic mass is 79.9. The first-order valence-electron chi connectivity index (χ1n) is 8.57. The minimum Gasteiger partial charge on any atom is -0.495 e. The van der Waals surface area contributed by atoms with Gasteiger partial charge in [0.05, 0.1) is 12.8 Å². The third-order valence-corrected chi connectivity index (χ3v) is 6.16. The zero-order valence-corrected chi connectivity index (χ0v) is 18.1. The Balaban J connectivity index is 2.36. The summed E-state index contributed by atoms with van der Waals surface area (Å²) in [5.74, 6) is -0.206. The van der Waals surface area contributed by atoms with Gasteiger partial charge in [-0.3, -0.25) is 9.10 Å². The summed E-state index contributed by atoms with van der Waals surface area (Å²) >= 11 is 3.29. The summed E-state index contributed by atoms with van der Waals surface area (Å²) in [6.07, 6.45) is 0.639. The lowest BCUT2D eigenvalue weighted by molar-refractivity contribution is -0.119. The van der Waals surface area contributed by atoms with E-state index in [9.17, 15) is 13.2 Å². The predicted octanol–water partition coefficient (Wildman–Crippen LogP) is 2.81. The van der Waals surface area contributed by atoms with Gasteiger partial charge in [0.2, 0.25) is 5.91 Å². The molecule has 9 heteroatoms. The first-order chi connectivity index (χ1) is 13.4. The SMILES string of the molecule is COCCCNC(=O)CN(c1ccccc1)S(=O)(=O)c1cc(Br)ccc1OC. The summed E-state index contributed by atoms with van der Waals surface area (Å²) in [7, 11) is -1.08. The van der Waals surface area contributed by atoms with Gasteiger partial charge in [0.25, 0.3) is 10.0 Å². The van der Waals surface area contributed by atoms with Crippen LogP contribution in [0.15, 0.2) is 57.9 Å². The van der Waals surface area contributed by atoms with Crippen LogP contribution in [0.1, 0.15) is 6.42 Å². The van der Waals surface area contributed by atoms with Crippen molar-refractivity contribution < 1.29 is 22.7 Å². The third kappa shape index (κ3) is 5.70. The van der Waals surface area contributed by atoms with E-state index < -0.39 is 15.9 Å². The van der Waals surface area contributed by atoms with E-state index in [0.29, 0.717) is 29.7 Å². The average Bonchev–Trinajstić information content (AvgIpc) is 2.70. The normalized spacial score (nSPS) is 11.1. The van der Waals surface area contributed by atoms with E-state index >= 15 is 0 Å². The highest BCUT2D eigenvalue weighted by molar-refractivity contribution is 9.10. The molecule has 7 nitrogen and oxygen atoms in total. The van der Waals surface area contributed by atoms with Crippen LogP contribution in [-0.2, 0) is 19.6 Å². The summed E-state index contributed by atoms with van der Waals surface area (Å²) in [6, 6.07) is 13.2. The molecule has 152 valence electrons. The van der Waals surface area contributed by atoms with Crippen LogP contribution < -0.4 is 14.4 Å². The number of amides is 1. The number of nitrogens with zero attached hydrogens (tertiary/aromatic N) is 1. The lowest BCUT2D eigenvalue weighted by atomic mass is 10.3. The van der Waals surface area contributed by atoms with Crippen molar-refractivity contribution >= 4 is 37.5 Å². The van der Waals surface area contributed by atoms with Gasteiger partial charge in [-0.25, -0.2) is 8.42 Å². The number of halogens is 1. The fourth-order valence-corrected chi connectivity index (χ4v) is 4.63. The van der Waals surface area contributed by atoms with Crippen LogP contribution in [0.4, 0.5) is 5.69 Å². The van der Waals surface area contributed by atoms with E-state index in [0.717, 1.165) is 4.31 Å². The second-order valence-corrected chi connectivity index (χ2v) is 8.59. The Morgan fingerprint density at radius 1 is 1.14 bits per heavy atom. The zero-order valence-electron chi connectivity index (χ0n) is 15.7. The molecule has 0 bridgehead atoms. The Morgan fingerprint density at radius 2 is 1.86 bits per heavy atom. The number of hydrogen-bond donors (Lipinski definition) is 1. The number of hydrogen-bond acceptors (Lipinski definition) is 5. The second-order valence-electron chi connectivity index (χ2n) is 5.84. The molecule has 0 saturated heterocycles. The number of rotatable bonds is 10. The van der Waals surface area contributed by atoms with Gasteiger partial charge in [-0.2, -0.15) is 0 Å². The number of methoxy groups -OCH3 is 2. The van der Waals surface area contributed by atoms with Crippen LogP contribution in [-0.4, -0.2) is 48.2 Å². The Morgan fingerprint density at radius 3 is 2.50 bits per heavy atom. The van der Waals surface area contributed by atoms with Crippen molar-refractivity contribution in [3.8, 4) is 5.75 Å². The number of benzene rings is 2. The summed E-state index contributed by atoms with van der Waals surface area (Å²) in [5, 5.41) is 2.72. The van der Waals surface area contributed by atoms with Crippen molar-refractivity contribution in [1.82, 2.24) is 5.32 Å². The van der Waals surface area contributed by atoms with E-state index in [2.05, 4.69) is 21.2 Å². The highest BCUT2D eigenvalue weighted by Crippen LogP contribution is 2.32. The van der Waals surface area contributed by atoms with Gasteiger partial charge in [-0.15, -0.1) is 0 Å². The first kappa shape index (κ1) is 22.2. The molecule has 2 aromatic rings. The Bertz CT molecular complexity index is 890. The fraction of sp³-hybridized carbons (Fsp3) is 0.316. The van der Waals surface area contributed by atoms with Crippen molar-refractivity contribution in [2.45, 2.75) is 11.3 Å². The number of nitrogens with one attached hydrogen (secondary N) is 1. The van der Waals surface area contributed by atoms with Crippen LogP contribution in [0, 0.1) is 0 Å². The van der Waals surface area contributed by atoms with Gasteiger partial charge in [-0.1, -0.05) is 34.1 Å². The molecule has 0 spiro atoms. The molecule has 0 atom stereocenters. The molecule has 0 aliphatic carbocycles. The summed E-state index contributed by atoms with van der Waals surface area (Å²) in [4.78, 5) is 12.4. The molecule has 0 aliphatic rings. The maximum Gasteiger partial charge on any atom is 0.268 e. The summed E-state index contributed by atoms with van der Waals surface area (Å²) in [5.41, 5.74) is 0.386. The molecule has 1 N–H and O–H groups in total. The molecule has 0 fully saturated rings. The number of ether oxygens (including phenoxy) is 2. The first-order valence-corrected chi connectivity index (χ1v) is 10.8. The second kappa shape index (κ2) is 10.4. The lowest BCUT2D eigenvalue weighted by Crippen LogP contribution is -2.41. The van der Waals surface area contributed by atoms with E-state index in [1.165, 1.54) is 13.2 Å². The van der Waals surface area contributed by atoms with E-state index in [1.807, 2.05) is 0 Å². The minimum atomic E-state index is -4.06. The number of carbonyl (C=O) groups excluding carboxylic acids is 1. The molecule has 28 heavy (non-hydrogen) atoms. The molecule has 0 radical (unpaired) electrons. The zero-order chi connectivity index (χ0) is 20.6. The smallest absolute Gasteiger partial charge is 0.268 e. The summed E-state index contributed by atoms with van der Waals surface area (Å²) < 4.78 is 38.6. The van der Waals surface area contributed by atoms with E-state index in [4.69, 9.17) is 9.47 Å². The van der Waals surface area contributed by atoms with Crippen LogP contribution >= 0.6 is 15.9 Å². The fourth-order valence-electron chi connectivity index (χ4n) is 2.51. The van der Waals surface area contributed by atoms with Crippen LogP contribution in [0.5, 0.6) is 5.75 Å². The lowest BCUT2D eigenvalue weighted by Gasteiger charge is -2.25. The Hall–Kier alpha value is -2.10. The topological polar surface area (TPSA) is 84.9 Å². The van der Waals surface area contributed by atoms with Crippen LogP contribution in [0.25, 0.3) is 0 Å². The standard InChI is InChI=1S/C19H23BrN2O5S/c1-26-12-6-11-21-19(23)14-22(16-7-4-3-5-8-16)28(24,25)18-13-15(20)9-10-17(18)27-2/h3-5,7-10,13H,6,11-12,14H2,1-2H3,(H,21,23). The van der Waals surface area contributed by atoms with Gasteiger partial charge < -0.3 is 14.8 Å². The van der Waals surface area contributed by atoms with Gasteiger partial charge in [0.15, 0.2) is 0 Å². The molecule has 1 amide bonds. The van der Waals surface area contributed by atoms with E-state index in [-0.39, 0.29) is 17.2 Å². The molecule has 2 rings (SSSR count). The number of carbonyl (C=O) groups is 1.